The van der Waals surface area contributed by atoms with Crippen molar-refractivity contribution in [3.05, 3.63) is 77.5 Å². The van der Waals surface area contributed by atoms with E-state index >= 15 is 0 Å². The first-order chi connectivity index (χ1) is 15.7. The van der Waals surface area contributed by atoms with Crippen LogP contribution in [0.25, 0.3) is 16.2 Å². The van der Waals surface area contributed by atoms with Gasteiger partial charge in [0.2, 0.25) is 0 Å². The molecule has 185 valence electrons. The molecule has 2 N–H and O–H groups in total. The van der Waals surface area contributed by atoms with Gasteiger partial charge in [0.05, 0.1) is 5.56 Å². The predicted molar refractivity (Wildman–Crippen MR) is 145 cm³/mol. The van der Waals surface area contributed by atoms with Gasteiger partial charge in [0.25, 0.3) is 0 Å². The molecule has 0 aliphatic carbocycles. The van der Waals surface area contributed by atoms with Gasteiger partial charge in [-0.25, -0.2) is 0 Å². The zero-order chi connectivity index (χ0) is 25.2. The van der Waals surface area contributed by atoms with Crippen molar-refractivity contribution in [2.24, 2.45) is 5.92 Å². The van der Waals surface area contributed by atoms with Crippen LogP contribution >= 0.6 is 11.3 Å². The van der Waals surface area contributed by atoms with Gasteiger partial charge in [-0.1, -0.05) is 76.3 Å². The van der Waals surface area contributed by atoms with Gasteiger partial charge < -0.3 is 15.7 Å². The summed E-state index contributed by atoms with van der Waals surface area (Å²) in [6.07, 6.45) is 1.97. The van der Waals surface area contributed by atoms with E-state index in [9.17, 15) is 9.90 Å². The molecule has 0 saturated heterocycles. The molecule has 3 aromatic rings. The summed E-state index contributed by atoms with van der Waals surface area (Å²) < 4.78 is 0. The van der Waals surface area contributed by atoms with Crippen molar-refractivity contribution < 1.29 is 94.0 Å². The van der Waals surface area contributed by atoms with E-state index in [0.717, 1.165) is 21.9 Å². The second kappa shape index (κ2) is 24.4. The molecule has 35 heavy (non-hydrogen) atoms. The Labute approximate surface area is 285 Å². The summed E-state index contributed by atoms with van der Waals surface area (Å²) in [6.45, 7) is 15.1. The first-order valence-corrected chi connectivity index (χ1v) is 12.2. The minimum Gasteiger partial charge on any atom is -0.720 e. The second-order valence-electron chi connectivity index (χ2n) is 8.18. The van der Waals surface area contributed by atoms with E-state index in [1.807, 2.05) is 37.3 Å². The predicted octanol–water partition coefficient (Wildman–Crippen LogP) is 5.42. The number of hydrogen-bond acceptors (Lipinski definition) is 4. The summed E-state index contributed by atoms with van der Waals surface area (Å²) in [6, 6.07) is 19.4. The summed E-state index contributed by atoms with van der Waals surface area (Å²) in [5, 5.41) is 9.66. The summed E-state index contributed by atoms with van der Waals surface area (Å²) in [4.78, 5) is 14.0. The van der Waals surface area contributed by atoms with Crippen molar-refractivity contribution in [1.82, 2.24) is 4.90 Å². The number of aromatic hydroxyl groups is 1. The number of hydrogen-bond donors (Lipinski definition) is 1. The van der Waals surface area contributed by atoms with E-state index in [1.165, 1.54) is 30.8 Å². The SMILES string of the molecule is CC(C)C.CCCN(C)CC.Cc1c(-c2ccccc2)sc(O)c1C=O.[K+].[NH-]c1cc[c-]cc1.[Y]. The average molecular weight is 597 g/mol. The maximum absolute atomic E-state index is 10.7. The normalized spacial score (nSPS) is 9.17. The molecular formula is C28H40KN2O2SY-. The molecule has 1 heterocycles. The molecule has 0 spiro atoms. The molecule has 0 aliphatic rings. The molecule has 2 aromatic carbocycles. The molecule has 1 radical (unpaired) electrons. The quantitative estimate of drug-likeness (QED) is 0.243. The summed E-state index contributed by atoms with van der Waals surface area (Å²) in [5.41, 5.74) is 9.79. The van der Waals surface area contributed by atoms with Crippen LogP contribution in [0, 0.1) is 18.9 Å². The van der Waals surface area contributed by atoms with Crippen LogP contribution in [0.1, 0.15) is 57.0 Å². The Kier molecular flexibility index (Phi) is 27.7. The molecule has 4 nitrogen and oxygen atoms in total. The van der Waals surface area contributed by atoms with Crippen LogP contribution in [0.4, 0.5) is 5.69 Å². The molecular weight excluding hydrogens is 556 g/mol. The minimum atomic E-state index is 0. The van der Waals surface area contributed by atoms with Crippen LogP contribution in [-0.4, -0.2) is 36.4 Å². The first kappa shape index (κ1) is 39.6. The van der Waals surface area contributed by atoms with E-state index in [-0.39, 0.29) is 89.2 Å². The number of nitrogens with one attached hydrogen (secondary N) is 1. The Morgan fingerprint density at radius 1 is 1.09 bits per heavy atom. The minimum absolute atomic E-state index is 0. The third-order valence-corrected chi connectivity index (χ3v) is 5.35. The number of aldehydes is 1. The summed E-state index contributed by atoms with van der Waals surface area (Å²) in [5.74, 6) is 0.833. The van der Waals surface area contributed by atoms with Crippen LogP contribution in [0.5, 0.6) is 5.06 Å². The number of thiophene rings is 1. The van der Waals surface area contributed by atoms with Crippen LogP contribution in [0.2, 0.25) is 0 Å². The van der Waals surface area contributed by atoms with E-state index < -0.39 is 0 Å². The van der Waals surface area contributed by atoms with Crippen molar-refractivity contribution in [2.75, 3.05) is 20.1 Å². The molecule has 0 aliphatic heterocycles. The second-order valence-corrected chi connectivity index (χ2v) is 9.17. The van der Waals surface area contributed by atoms with Crippen molar-refractivity contribution in [1.29, 1.82) is 0 Å². The van der Waals surface area contributed by atoms with Gasteiger partial charge in [-0.15, -0.1) is 0 Å². The number of nitrogens with zero attached hydrogens (tertiary/aromatic N) is 1. The molecule has 0 amide bonds. The third kappa shape index (κ3) is 18.9. The van der Waals surface area contributed by atoms with Crippen LogP contribution in [0.3, 0.4) is 0 Å². The fraction of sp³-hybridized carbons (Fsp3) is 0.393. The van der Waals surface area contributed by atoms with Gasteiger partial charge >= 0.3 is 51.4 Å². The first-order valence-electron chi connectivity index (χ1n) is 11.4. The molecule has 3 rings (SSSR count). The standard InChI is InChI=1S/C12H10O2S.C6H5N.C6H15N.C4H10.K.Y/c1-8-10(7-13)12(14)15-11(8)9-5-3-2-4-6-9;7-6-4-2-1-3-5-6;1-4-6-7(3)5-2;1-4(2)3;;/h2-7,14H,1H3;2-5,7H;4-6H2,1-3H3;4H,1-3H3;;/q;-2;;;+1;. The molecule has 0 unspecified atom stereocenters. The Morgan fingerprint density at radius 2 is 1.60 bits per heavy atom. The number of benzene rings is 2. The van der Waals surface area contributed by atoms with Gasteiger partial charge in [-0.3, -0.25) is 10.5 Å². The maximum Gasteiger partial charge on any atom is 1.00 e. The maximum atomic E-state index is 10.7. The fourth-order valence-electron chi connectivity index (χ4n) is 2.44. The van der Waals surface area contributed by atoms with E-state index in [4.69, 9.17) is 5.73 Å². The van der Waals surface area contributed by atoms with E-state index in [1.54, 1.807) is 24.3 Å². The molecule has 0 fully saturated rings. The van der Waals surface area contributed by atoms with Gasteiger partial charge in [-0.05, 0) is 50.5 Å². The van der Waals surface area contributed by atoms with Gasteiger partial charge in [-0.2, -0.15) is 30.3 Å². The Balaban J connectivity index is -0.000000436. The van der Waals surface area contributed by atoms with E-state index in [2.05, 4.69) is 52.6 Å². The Hall–Kier alpha value is 0.110. The molecule has 7 heteroatoms. The van der Waals surface area contributed by atoms with Gasteiger partial charge in [0.15, 0.2) is 11.3 Å². The van der Waals surface area contributed by atoms with Crippen molar-refractivity contribution >= 4 is 23.3 Å². The zero-order valence-electron chi connectivity index (χ0n) is 22.8. The van der Waals surface area contributed by atoms with Crippen molar-refractivity contribution in [3.8, 4) is 15.5 Å². The Morgan fingerprint density at radius 3 is 1.91 bits per heavy atom. The van der Waals surface area contributed by atoms with Crippen LogP contribution < -0.4 is 51.4 Å². The Bertz CT molecular complexity index is 888. The molecule has 0 bridgehead atoms. The van der Waals surface area contributed by atoms with E-state index in [0.29, 0.717) is 17.5 Å². The van der Waals surface area contributed by atoms with Gasteiger partial charge in [0.1, 0.15) is 0 Å². The summed E-state index contributed by atoms with van der Waals surface area (Å²) >= 11 is 1.24. The number of carbonyl (C=O) groups excluding carboxylic acids is 1. The summed E-state index contributed by atoms with van der Waals surface area (Å²) in [7, 11) is 2.14. The van der Waals surface area contributed by atoms with Crippen LogP contribution in [0.15, 0.2) is 54.6 Å². The monoisotopic (exact) mass is 596 g/mol. The fourth-order valence-corrected chi connectivity index (χ4v) is 3.46. The van der Waals surface area contributed by atoms with Crippen LogP contribution in [-0.2, 0) is 32.7 Å². The smallest absolute Gasteiger partial charge is 0.720 e. The van der Waals surface area contributed by atoms with Crippen molar-refractivity contribution in [3.63, 3.8) is 0 Å². The van der Waals surface area contributed by atoms with Gasteiger partial charge in [0, 0.05) is 37.6 Å². The number of rotatable bonds is 5. The topological polar surface area (TPSA) is 64.3 Å². The number of carbonyl (C=O) groups is 1. The molecule has 0 saturated carbocycles. The average Bonchev–Trinajstić information content (AvgIpc) is 3.08. The third-order valence-electron chi connectivity index (χ3n) is 4.19. The molecule has 1 aromatic heterocycles. The molecule has 0 atom stereocenters. The largest absolute Gasteiger partial charge is 1.00 e. The van der Waals surface area contributed by atoms with Crippen molar-refractivity contribution in [2.45, 2.75) is 48.0 Å². The zero-order valence-corrected chi connectivity index (χ0v) is 29.5.